The number of ether oxygens (including phenoxy) is 2. The molecule has 0 saturated carbocycles. The molecule has 0 bridgehead atoms. The van der Waals surface area contributed by atoms with Gasteiger partial charge >= 0.3 is 0 Å². The standard InChI is InChI=1S/C25H23N7O2/c1-4-19-22-21(18(14-26)23(27)34-25(22)31(2)30-19)17-6-5-16(13-20(17)33-3)32-12-11-29-24(32)15-7-9-28-10-8-15/h5-13,21H,4,27H2,1-3H3. The second kappa shape index (κ2) is 8.41. The topological polar surface area (TPSA) is 117 Å². The highest BCUT2D eigenvalue weighted by Crippen LogP contribution is 2.46. The minimum Gasteiger partial charge on any atom is -0.496 e. The van der Waals surface area contributed by atoms with Crippen molar-refractivity contribution in [3.8, 4) is 34.8 Å². The Hall–Kier alpha value is -4.58. The fraction of sp³-hybridized carbons (Fsp3) is 0.200. The molecule has 5 rings (SSSR count). The molecular formula is C25H23N7O2. The van der Waals surface area contributed by atoms with E-state index in [0.717, 1.165) is 33.9 Å². The molecule has 1 aliphatic rings. The molecule has 4 aromatic rings. The number of hydrogen-bond donors (Lipinski definition) is 1. The average Bonchev–Trinajstić information content (AvgIpc) is 3.48. The van der Waals surface area contributed by atoms with Crippen molar-refractivity contribution in [2.75, 3.05) is 7.11 Å². The lowest BCUT2D eigenvalue weighted by Gasteiger charge is -2.26. The number of nitrogens with zero attached hydrogens (tertiary/aromatic N) is 6. The van der Waals surface area contributed by atoms with Crippen LogP contribution in [0.25, 0.3) is 17.1 Å². The molecule has 0 radical (unpaired) electrons. The number of nitriles is 1. The van der Waals surface area contributed by atoms with Crippen molar-refractivity contribution in [1.29, 1.82) is 5.26 Å². The molecule has 4 heterocycles. The normalized spacial score (nSPS) is 14.9. The van der Waals surface area contributed by atoms with Gasteiger partial charge in [-0.3, -0.25) is 9.55 Å². The first-order valence-corrected chi connectivity index (χ1v) is 10.8. The van der Waals surface area contributed by atoms with Crippen LogP contribution in [0.4, 0.5) is 0 Å². The monoisotopic (exact) mass is 453 g/mol. The summed E-state index contributed by atoms with van der Waals surface area (Å²) >= 11 is 0. The quantitative estimate of drug-likeness (QED) is 0.492. The van der Waals surface area contributed by atoms with Crippen LogP contribution in [0, 0.1) is 11.3 Å². The molecule has 170 valence electrons. The smallest absolute Gasteiger partial charge is 0.224 e. The van der Waals surface area contributed by atoms with Gasteiger partial charge in [-0.2, -0.15) is 10.4 Å². The zero-order valence-corrected chi connectivity index (χ0v) is 19.1. The van der Waals surface area contributed by atoms with E-state index in [2.05, 4.69) is 21.1 Å². The molecule has 1 aliphatic heterocycles. The maximum Gasteiger partial charge on any atom is 0.224 e. The number of benzene rings is 1. The molecule has 3 aromatic heterocycles. The van der Waals surface area contributed by atoms with Crippen LogP contribution in [0.1, 0.15) is 29.7 Å². The van der Waals surface area contributed by atoms with Crippen molar-refractivity contribution in [2.45, 2.75) is 19.3 Å². The van der Waals surface area contributed by atoms with Crippen molar-refractivity contribution in [3.63, 3.8) is 0 Å². The largest absolute Gasteiger partial charge is 0.496 e. The summed E-state index contributed by atoms with van der Waals surface area (Å²) in [6.45, 7) is 2.02. The summed E-state index contributed by atoms with van der Waals surface area (Å²) in [5.41, 5.74) is 10.8. The number of allylic oxidation sites excluding steroid dienone is 1. The number of fused-ring (bicyclic) bond motifs is 1. The molecule has 34 heavy (non-hydrogen) atoms. The zero-order chi connectivity index (χ0) is 23.8. The van der Waals surface area contributed by atoms with Crippen LogP contribution in [0.3, 0.4) is 0 Å². The first kappa shape index (κ1) is 21.3. The van der Waals surface area contributed by atoms with Crippen molar-refractivity contribution in [3.05, 3.63) is 83.4 Å². The van der Waals surface area contributed by atoms with Crippen LogP contribution < -0.4 is 15.2 Å². The van der Waals surface area contributed by atoms with Crippen molar-refractivity contribution in [1.82, 2.24) is 24.3 Å². The van der Waals surface area contributed by atoms with E-state index in [4.69, 9.17) is 15.2 Å². The van der Waals surface area contributed by atoms with Crippen LogP contribution >= 0.6 is 0 Å². The first-order chi connectivity index (χ1) is 16.6. The second-order valence-electron chi connectivity index (χ2n) is 7.85. The van der Waals surface area contributed by atoms with E-state index in [1.165, 1.54) is 0 Å². The summed E-state index contributed by atoms with van der Waals surface area (Å²) in [5.74, 6) is 1.57. The third kappa shape index (κ3) is 3.28. The first-order valence-electron chi connectivity index (χ1n) is 10.8. The molecule has 1 atom stereocenters. The van der Waals surface area contributed by atoms with Gasteiger partial charge < -0.3 is 15.2 Å². The maximum atomic E-state index is 9.97. The molecular weight excluding hydrogens is 430 g/mol. The summed E-state index contributed by atoms with van der Waals surface area (Å²) in [5, 5.41) is 14.6. The highest BCUT2D eigenvalue weighted by atomic mass is 16.5. The summed E-state index contributed by atoms with van der Waals surface area (Å²) < 4.78 is 15.3. The van der Waals surface area contributed by atoms with E-state index in [0.29, 0.717) is 23.6 Å². The average molecular weight is 454 g/mol. The summed E-state index contributed by atoms with van der Waals surface area (Å²) in [6.07, 6.45) is 7.81. The fourth-order valence-corrected chi connectivity index (χ4v) is 4.44. The molecule has 0 fully saturated rings. The Balaban J connectivity index is 1.67. The van der Waals surface area contributed by atoms with Gasteiger partial charge in [0.25, 0.3) is 0 Å². The van der Waals surface area contributed by atoms with Crippen LogP contribution in [0.2, 0.25) is 0 Å². The van der Waals surface area contributed by atoms with Gasteiger partial charge in [0, 0.05) is 49.0 Å². The number of methoxy groups -OCH3 is 1. The zero-order valence-electron chi connectivity index (χ0n) is 19.1. The molecule has 0 amide bonds. The Morgan fingerprint density at radius 2 is 2.00 bits per heavy atom. The van der Waals surface area contributed by atoms with Gasteiger partial charge in [0.2, 0.25) is 11.8 Å². The molecule has 2 N–H and O–H groups in total. The summed E-state index contributed by atoms with van der Waals surface area (Å²) in [4.78, 5) is 8.61. The van der Waals surface area contributed by atoms with Gasteiger partial charge in [-0.15, -0.1) is 0 Å². The Bertz CT molecular complexity index is 1440. The minimum absolute atomic E-state index is 0.0753. The number of hydrogen-bond acceptors (Lipinski definition) is 7. The summed E-state index contributed by atoms with van der Waals surface area (Å²) in [6, 6.07) is 11.9. The Kier molecular flexibility index (Phi) is 5.26. The van der Waals surface area contributed by atoms with E-state index in [1.807, 2.05) is 48.0 Å². The highest BCUT2D eigenvalue weighted by Gasteiger charge is 2.37. The lowest BCUT2D eigenvalue weighted by Crippen LogP contribution is -2.22. The van der Waals surface area contributed by atoms with Crippen molar-refractivity contribution >= 4 is 0 Å². The van der Waals surface area contributed by atoms with Crippen molar-refractivity contribution < 1.29 is 9.47 Å². The number of aryl methyl sites for hydroxylation is 2. The predicted molar refractivity (Wildman–Crippen MR) is 125 cm³/mol. The highest BCUT2D eigenvalue weighted by molar-refractivity contribution is 5.62. The lowest BCUT2D eigenvalue weighted by molar-refractivity contribution is 0.356. The van der Waals surface area contributed by atoms with Gasteiger partial charge in [0.15, 0.2) is 0 Å². The molecule has 0 saturated heterocycles. The molecule has 9 heteroatoms. The van der Waals surface area contributed by atoms with Gasteiger partial charge in [-0.1, -0.05) is 13.0 Å². The fourth-order valence-electron chi connectivity index (χ4n) is 4.44. The number of pyridine rings is 1. The van der Waals surface area contributed by atoms with Crippen molar-refractivity contribution in [2.24, 2.45) is 12.8 Å². The number of imidazole rings is 1. The van der Waals surface area contributed by atoms with Gasteiger partial charge in [-0.25, -0.2) is 9.67 Å². The summed E-state index contributed by atoms with van der Waals surface area (Å²) in [7, 11) is 3.42. The van der Waals surface area contributed by atoms with E-state index in [9.17, 15) is 5.26 Å². The molecule has 0 aliphatic carbocycles. The molecule has 1 aromatic carbocycles. The van der Waals surface area contributed by atoms with Crippen LogP contribution in [0.15, 0.2) is 66.6 Å². The second-order valence-corrected chi connectivity index (χ2v) is 7.85. The van der Waals surface area contributed by atoms with Gasteiger partial charge in [-0.05, 0) is 24.6 Å². The molecule has 1 unspecified atom stereocenters. The SMILES string of the molecule is CCc1nn(C)c2c1C(c1ccc(-n3ccnc3-c3ccncc3)cc1OC)C(C#N)=C(N)O2. The number of nitrogens with two attached hydrogens (primary N) is 1. The molecule has 0 spiro atoms. The Labute approximate surface area is 196 Å². The lowest BCUT2D eigenvalue weighted by atomic mass is 9.83. The third-order valence-corrected chi connectivity index (χ3v) is 6.00. The maximum absolute atomic E-state index is 9.97. The van der Waals surface area contributed by atoms with E-state index in [1.54, 1.807) is 37.4 Å². The predicted octanol–water partition coefficient (Wildman–Crippen LogP) is 3.46. The third-order valence-electron chi connectivity index (χ3n) is 6.00. The number of rotatable bonds is 5. The van der Waals surface area contributed by atoms with Crippen LogP contribution in [-0.2, 0) is 13.5 Å². The number of aromatic nitrogens is 5. The Morgan fingerprint density at radius 3 is 2.71 bits per heavy atom. The van der Waals surface area contributed by atoms with Gasteiger partial charge in [0.1, 0.15) is 23.2 Å². The van der Waals surface area contributed by atoms with Crippen LogP contribution in [-0.4, -0.2) is 31.4 Å². The minimum atomic E-state index is -0.455. The van der Waals surface area contributed by atoms with E-state index < -0.39 is 5.92 Å². The van der Waals surface area contributed by atoms with Crippen LogP contribution in [0.5, 0.6) is 11.6 Å². The van der Waals surface area contributed by atoms with E-state index in [-0.39, 0.29) is 5.88 Å². The van der Waals surface area contributed by atoms with Gasteiger partial charge in [0.05, 0.1) is 30.0 Å². The molecule has 9 nitrogen and oxygen atoms in total. The Morgan fingerprint density at radius 1 is 1.21 bits per heavy atom. The van der Waals surface area contributed by atoms with E-state index >= 15 is 0 Å².